The first-order chi connectivity index (χ1) is 10.2. The van der Waals surface area contributed by atoms with Gasteiger partial charge in [0.05, 0.1) is 10.0 Å². The molecule has 3 aromatic rings. The maximum atomic E-state index is 6.23. The van der Waals surface area contributed by atoms with Crippen LogP contribution in [0.2, 0.25) is 15.1 Å². The normalized spacial score (nSPS) is 10.8. The van der Waals surface area contributed by atoms with Crippen LogP contribution in [0, 0.1) is 0 Å². The lowest BCUT2D eigenvalue weighted by molar-refractivity contribution is 1.15. The van der Waals surface area contributed by atoms with Gasteiger partial charge in [0.25, 0.3) is 0 Å². The van der Waals surface area contributed by atoms with Crippen molar-refractivity contribution in [3.63, 3.8) is 0 Å². The number of nitrogens with one attached hydrogen (secondary N) is 1. The summed E-state index contributed by atoms with van der Waals surface area (Å²) in [6.45, 7) is 0.520. The molecule has 3 aromatic carbocycles. The van der Waals surface area contributed by atoms with Crippen molar-refractivity contribution in [2.45, 2.75) is 6.54 Å². The third kappa shape index (κ3) is 2.96. The van der Waals surface area contributed by atoms with Gasteiger partial charge in [0.15, 0.2) is 0 Å². The highest BCUT2D eigenvalue weighted by Crippen LogP contribution is 2.32. The van der Waals surface area contributed by atoms with E-state index in [2.05, 4.69) is 23.5 Å². The van der Waals surface area contributed by atoms with Crippen molar-refractivity contribution in [1.82, 2.24) is 0 Å². The van der Waals surface area contributed by atoms with E-state index in [9.17, 15) is 0 Å². The summed E-state index contributed by atoms with van der Waals surface area (Å²) < 4.78 is 0. The Kier molecular flexibility index (Phi) is 4.25. The molecule has 0 saturated heterocycles. The molecule has 0 atom stereocenters. The van der Waals surface area contributed by atoms with E-state index in [0.29, 0.717) is 21.6 Å². The van der Waals surface area contributed by atoms with Gasteiger partial charge in [0.1, 0.15) is 0 Å². The van der Waals surface area contributed by atoms with E-state index in [1.54, 1.807) is 12.1 Å². The summed E-state index contributed by atoms with van der Waals surface area (Å²) in [6, 6.07) is 17.8. The molecule has 0 unspecified atom stereocenters. The second-order valence-corrected chi connectivity index (χ2v) is 5.89. The van der Waals surface area contributed by atoms with E-state index in [4.69, 9.17) is 34.8 Å². The van der Waals surface area contributed by atoms with E-state index in [1.807, 2.05) is 24.3 Å². The van der Waals surface area contributed by atoms with Crippen LogP contribution in [0.3, 0.4) is 0 Å². The Hall–Kier alpha value is -1.41. The quantitative estimate of drug-likeness (QED) is 0.545. The number of hydrogen-bond donors (Lipinski definition) is 1. The first kappa shape index (κ1) is 14.5. The molecule has 1 nitrogen and oxygen atoms in total. The highest BCUT2D eigenvalue weighted by molar-refractivity contribution is 6.44. The van der Waals surface area contributed by atoms with Gasteiger partial charge >= 0.3 is 0 Å². The lowest BCUT2D eigenvalue weighted by atomic mass is 10.1. The van der Waals surface area contributed by atoms with Gasteiger partial charge in [0, 0.05) is 28.2 Å². The van der Waals surface area contributed by atoms with Gasteiger partial charge in [-0.15, -0.1) is 0 Å². The number of hydrogen-bond acceptors (Lipinski definition) is 1. The summed E-state index contributed by atoms with van der Waals surface area (Å²) in [5.74, 6) is 0. The molecular weight excluding hydrogens is 325 g/mol. The Bertz CT molecular complexity index is 794. The fraction of sp³-hybridized carbons (Fsp3) is 0.0588. The van der Waals surface area contributed by atoms with Crippen molar-refractivity contribution >= 4 is 51.3 Å². The predicted octanol–water partition coefficient (Wildman–Crippen LogP) is 6.41. The summed E-state index contributed by atoms with van der Waals surface area (Å²) in [6.07, 6.45) is 0. The molecule has 0 aliphatic carbocycles. The smallest absolute Gasteiger partial charge is 0.0657 e. The summed E-state index contributed by atoms with van der Waals surface area (Å²) in [5.41, 5.74) is 1.85. The van der Waals surface area contributed by atoms with Crippen LogP contribution in [0.1, 0.15) is 5.56 Å². The van der Waals surface area contributed by atoms with Gasteiger partial charge in [-0.05, 0) is 23.6 Å². The molecule has 0 heterocycles. The van der Waals surface area contributed by atoms with Gasteiger partial charge in [-0.25, -0.2) is 0 Å². The number of fused-ring (bicyclic) bond motifs is 1. The Balaban J connectivity index is 1.93. The Morgan fingerprint density at radius 1 is 0.762 bits per heavy atom. The molecule has 0 aliphatic heterocycles. The fourth-order valence-corrected chi connectivity index (χ4v) is 2.98. The molecule has 3 rings (SSSR count). The molecule has 0 amide bonds. The SMILES string of the molecule is Clc1ccc(Cl)c(CNc2cccc3ccccc23)c1Cl. The maximum Gasteiger partial charge on any atom is 0.0657 e. The molecular formula is C17H12Cl3N. The van der Waals surface area contributed by atoms with Gasteiger partial charge in [-0.1, -0.05) is 71.2 Å². The summed E-state index contributed by atoms with van der Waals surface area (Å²) in [5, 5.41) is 7.35. The molecule has 0 spiro atoms. The van der Waals surface area contributed by atoms with E-state index in [0.717, 1.165) is 16.6 Å². The summed E-state index contributed by atoms with van der Waals surface area (Å²) in [7, 11) is 0. The van der Waals surface area contributed by atoms with Crippen LogP contribution < -0.4 is 5.32 Å². The number of anilines is 1. The van der Waals surface area contributed by atoms with Gasteiger partial charge in [-0.2, -0.15) is 0 Å². The molecule has 4 heteroatoms. The highest BCUT2D eigenvalue weighted by atomic mass is 35.5. The zero-order chi connectivity index (χ0) is 14.8. The third-order valence-electron chi connectivity index (χ3n) is 3.38. The molecule has 21 heavy (non-hydrogen) atoms. The van der Waals surface area contributed by atoms with Crippen LogP contribution >= 0.6 is 34.8 Å². The molecule has 0 saturated carbocycles. The van der Waals surface area contributed by atoms with Crippen molar-refractivity contribution in [3.05, 3.63) is 75.2 Å². The van der Waals surface area contributed by atoms with Crippen LogP contribution in [-0.4, -0.2) is 0 Å². The predicted molar refractivity (Wildman–Crippen MR) is 92.7 cm³/mol. The van der Waals surface area contributed by atoms with Crippen molar-refractivity contribution in [2.75, 3.05) is 5.32 Å². The Morgan fingerprint density at radius 3 is 2.33 bits per heavy atom. The minimum absolute atomic E-state index is 0.497. The summed E-state index contributed by atoms with van der Waals surface area (Å²) >= 11 is 18.5. The van der Waals surface area contributed by atoms with Crippen molar-refractivity contribution < 1.29 is 0 Å². The molecule has 0 bridgehead atoms. The van der Waals surface area contributed by atoms with Gasteiger partial charge in [0.2, 0.25) is 0 Å². The lowest BCUT2D eigenvalue weighted by Gasteiger charge is -2.13. The van der Waals surface area contributed by atoms with Crippen molar-refractivity contribution in [2.24, 2.45) is 0 Å². The molecule has 0 fully saturated rings. The largest absolute Gasteiger partial charge is 0.380 e. The first-order valence-corrected chi connectivity index (χ1v) is 7.64. The number of halogens is 3. The average Bonchev–Trinajstić information content (AvgIpc) is 2.51. The molecule has 0 radical (unpaired) electrons. The molecule has 1 N–H and O–H groups in total. The zero-order valence-corrected chi connectivity index (χ0v) is 13.3. The Morgan fingerprint density at radius 2 is 1.48 bits per heavy atom. The first-order valence-electron chi connectivity index (χ1n) is 6.51. The van der Waals surface area contributed by atoms with Crippen LogP contribution in [0.25, 0.3) is 10.8 Å². The van der Waals surface area contributed by atoms with Crippen LogP contribution in [0.4, 0.5) is 5.69 Å². The van der Waals surface area contributed by atoms with Gasteiger partial charge in [-0.3, -0.25) is 0 Å². The van der Waals surface area contributed by atoms with E-state index < -0.39 is 0 Å². The second kappa shape index (κ2) is 6.15. The standard InChI is InChI=1S/C17H12Cl3N/c18-14-8-9-15(19)17(20)13(14)10-21-16-7-3-5-11-4-1-2-6-12(11)16/h1-9,21H,10H2. The fourth-order valence-electron chi connectivity index (χ4n) is 2.29. The molecule has 0 aliphatic rings. The second-order valence-electron chi connectivity index (χ2n) is 4.70. The lowest BCUT2D eigenvalue weighted by Crippen LogP contribution is -2.01. The minimum Gasteiger partial charge on any atom is -0.380 e. The van der Waals surface area contributed by atoms with E-state index in [-0.39, 0.29) is 0 Å². The zero-order valence-electron chi connectivity index (χ0n) is 11.0. The molecule has 0 aromatic heterocycles. The summed E-state index contributed by atoms with van der Waals surface area (Å²) in [4.78, 5) is 0. The van der Waals surface area contributed by atoms with Crippen molar-refractivity contribution in [3.8, 4) is 0 Å². The van der Waals surface area contributed by atoms with Crippen LogP contribution in [0.15, 0.2) is 54.6 Å². The highest BCUT2D eigenvalue weighted by Gasteiger charge is 2.10. The number of rotatable bonds is 3. The Labute approximate surface area is 138 Å². The van der Waals surface area contributed by atoms with Crippen molar-refractivity contribution in [1.29, 1.82) is 0 Å². The van der Waals surface area contributed by atoms with Crippen LogP contribution in [0.5, 0.6) is 0 Å². The van der Waals surface area contributed by atoms with Crippen LogP contribution in [-0.2, 0) is 6.54 Å². The topological polar surface area (TPSA) is 12.0 Å². The number of benzene rings is 3. The third-order valence-corrected chi connectivity index (χ3v) is 4.58. The van der Waals surface area contributed by atoms with E-state index >= 15 is 0 Å². The molecule has 106 valence electrons. The van der Waals surface area contributed by atoms with E-state index in [1.165, 1.54) is 5.39 Å². The maximum absolute atomic E-state index is 6.23. The average molecular weight is 337 g/mol. The van der Waals surface area contributed by atoms with Gasteiger partial charge < -0.3 is 5.32 Å². The minimum atomic E-state index is 0.497. The monoisotopic (exact) mass is 335 g/mol.